The fraction of sp³-hybridized carbons (Fsp3) is 0.375. The molecule has 9 heteroatoms. The number of ether oxygens (including phenoxy) is 2. The molecular formula is C16H19N3O6. The molecule has 0 spiro atoms. The minimum atomic E-state index is -0.576. The average Bonchev–Trinajstić information content (AvgIpc) is 2.60. The number of carbonyl (C=O) groups excluding carboxylic acids is 2. The SMILES string of the molecule is C=CNC(=O)OC1CCN(C(=O)OCc2ccccc2[N+](=O)[O-])CC1. The highest BCUT2D eigenvalue weighted by molar-refractivity contribution is 5.69. The zero-order valence-corrected chi connectivity index (χ0v) is 13.6. The number of alkyl carbamates (subject to hydrolysis) is 1. The van der Waals surface area contributed by atoms with Crippen molar-refractivity contribution in [3.05, 3.63) is 52.7 Å². The van der Waals surface area contributed by atoms with Gasteiger partial charge in [-0.1, -0.05) is 18.7 Å². The normalized spacial score (nSPS) is 14.5. The molecule has 1 aliphatic rings. The van der Waals surface area contributed by atoms with Gasteiger partial charge in [0, 0.05) is 32.0 Å². The third-order valence-electron chi connectivity index (χ3n) is 3.73. The molecule has 0 atom stereocenters. The number of nitrogens with zero attached hydrogens (tertiary/aromatic N) is 2. The number of rotatable bonds is 5. The molecule has 0 aromatic heterocycles. The van der Waals surface area contributed by atoms with Gasteiger partial charge in [-0.25, -0.2) is 9.59 Å². The van der Waals surface area contributed by atoms with Crippen molar-refractivity contribution in [1.29, 1.82) is 0 Å². The van der Waals surface area contributed by atoms with Gasteiger partial charge in [0.2, 0.25) is 0 Å². The number of likely N-dealkylation sites (tertiary alicyclic amines) is 1. The van der Waals surface area contributed by atoms with Crippen LogP contribution in [0.3, 0.4) is 0 Å². The molecule has 2 rings (SSSR count). The second-order valence-corrected chi connectivity index (χ2v) is 5.38. The van der Waals surface area contributed by atoms with Crippen LogP contribution in [0.4, 0.5) is 15.3 Å². The molecule has 134 valence electrons. The summed E-state index contributed by atoms with van der Waals surface area (Å²) in [6, 6.07) is 6.11. The van der Waals surface area contributed by atoms with Gasteiger partial charge in [-0.2, -0.15) is 0 Å². The first-order valence-electron chi connectivity index (χ1n) is 7.73. The Morgan fingerprint density at radius 2 is 2.04 bits per heavy atom. The van der Waals surface area contributed by atoms with Crippen LogP contribution in [0.5, 0.6) is 0 Å². The van der Waals surface area contributed by atoms with Gasteiger partial charge in [-0.15, -0.1) is 0 Å². The van der Waals surface area contributed by atoms with E-state index in [9.17, 15) is 19.7 Å². The molecule has 2 amide bonds. The van der Waals surface area contributed by atoms with E-state index in [0.29, 0.717) is 31.5 Å². The minimum Gasteiger partial charge on any atom is -0.446 e. The summed E-state index contributed by atoms with van der Waals surface area (Å²) in [5, 5.41) is 13.3. The first-order chi connectivity index (χ1) is 12.0. The monoisotopic (exact) mass is 349 g/mol. The second kappa shape index (κ2) is 8.67. The van der Waals surface area contributed by atoms with E-state index in [1.54, 1.807) is 18.2 Å². The Balaban J connectivity index is 1.80. The van der Waals surface area contributed by atoms with E-state index in [1.807, 2.05) is 0 Å². The lowest BCUT2D eigenvalue weighted by Gasteiger charge is -2.30. The van der Waals surface area contributed by atoms with Gasteiger partial charge < -0.3 is 14.4 Å². The molecule has 1 aliphatic heterocycles. The maximum Gasteiger partial charge on any atom is 0.411 e. The summed E-state index contributed by atoms with van der Waals surface area (Å²) in [7, 11) is 0. The quantitative estimate of drug-likeness (QED) is 0.646. The average molecular weight is 349 g/mol. The number of benzene rings is 1. The number of piperidine rings is 1. The number of nitro groups is 1. The largest absolute Gasteiger partial charge is 0.446 e. The van der Waals surface area contributed by atoms with Gasteiger partial charge in [0.05, 0.1) is 10.5 Å². The molecule has 0 radical (unpaired) electrons. The van der Waals surface area contributed by atoms with Crippen molar-refractivity contribution < 1.29 is 24.0 Å². The smallest absolute Gasteiger partial charge is 0.411 e. The Morgan fingerprint density at radius 1 is 1.36 bits per heavy atom. The lowest BCUT2D eigenvalue weighted by molar-refractivity contribution is -0.385. The molecule has 0 saturated carbocycles. The summed E-state index contributed by atoms with van der Waals surface area (Å²) in [5.41, 5.74) is 0.246. The summed E-state index contributed by atoms with van der Waals surface area (Å²) >= 11 is 0. The summed E-state index contributed by atoms with van der Waals surface area (Å²) in [6.07, 6.45) is 0.812. The van der Waals surface area contributed by atoms with Crippen LogP contribution >= 0.6 is 0 Å². The maximum atomic E-state index is 12.1. The molecule has 0 aliphatic carbocycles. The minimum absolute atomic E-state index is 0.0874. The Morgan fingerprint density at radius 3 is 2.68 bits per heavy atom. The molecule has 1 heterocycles. The lowest BCUT2D eigenvalue weighted by Crippen LogP contribution is -2.42. The van der Waals surface area contributed by atoms with Crippen molar-refractivity contribution in [2.24, 2.45) is 0 Å². The highest BCUT2D eigenvalue weighted by Crippen LogP contribution is 2.20. The van der Waals surface area contributed by atoms with Crippen LogP contribution in [-0.2, 0) is 16.1 Å². The van der Waals surface area contributed by atoms with Gasteiger partial charge in [0.1, 0.15) is 12.7 Å². The molecule has 0 unspecified atom stereocenters. The van der Waals surface area contributed by atoms with E-state index < -0.39 is 17.1 Å². The molecular weight excluding hydrogens is 330 g/mol. The lowest BCUT2D eigenvalue weighted by atomic mass is 10.1. The van der Waals surface area contributed by atoms with Crippen molar-refractivity contribution in [2.45, 2.75) is 25.6 Å². The molecule has 1 fully saturated rings. The van der Waals surface area contributed by atoms with Crippen molar-refractivity contribution in [3.8, 4) is 0 Å². The van der Waals surface area contributed by atoms with Gasteiger partial charge in [0.15, 0.2) is 0 Å². The third kappa shape index (κ3) is 5.20. The third-order valence-corrected chi connectivity index (χ3v) is 3.73. The topological polar surface area (TPSA) is 111 Å². The molecule has 9 nitrogen and oxygen atoms in total. The number of nitro benzene ring substituents is 1. The fourth-order valence-corrected chi connectivity index (χ4v) is 2.47. The van der Waals surface area contributed by atoms with Crippen molar-refractivity contribution >= 4 is 17.9 Å². The predicted molar refractivity (Wildman–Crippen MR) is 87.7 cm³/mol. The Kier molecular flexibility index (Phi) is 6.33. The standard InChI is InChI=1S/C16H19N3O6/c1-2-17-15(20)25-13-7-9-18(10-8-13)16(21)24-11-12-5-3-4-6-14(12)19(22)23/h2-6,13H,1,7-11H2,(H,17,20). The van der Waals surface area contributed by atoms with Crippen molar-refractivity contribution in [2.75, 3.05) is 13.1 Å². The van der Waals surface area contributed by atoms with Crippen LogP contribution < -0.4 is 5.32 Å². The highest BCUT2D eigenvalue weighted by Gasteiger charge is 2.26. The van der Waals surface area contributed by atoms with E-state index in [2.05, 4.69) is 11.9 Å². The van der Waals surface area contributed by atoms with Crippen LogP contribution in [0.25, 0.3) is 0 Å². The van der Waals surface area contributed by atoms with Gasteiger partial charge in [-0.3, -0.25) is 15.4 Å². The number of carbonyl (C=O) groups is 2. The van der Waals surface area contributed by atoms with E-state index in [-0.39, 0.29) is 18.4 Å². The van der Waals surface area contributed by atoms with E-state index in [4.69, 9.17) is 9.47 Å². The number of hydrogen-bond acceptors (Lipinski definition) is 6. The number of amides is 2. The van der Waals surface area contributed by atoms with Crippen LogP contribution in [-0.4, -0.2) is 41.2 Å². The fourth-order valence-electron chi connectivity index (χ4n) is 2.47. The first kappa shape index (κ1) is 18.2. The van der Waals surface area contributed by atoms with Gasteiger partial charge >= 0.3 is 12.2 Å². The number of nitrogens with one attached hydrogen (secondary N) is 1. The van der Waals surface area contributed by atoms with E-state index in [0.717, 1.165) is 0 Å². The predicted octanol–water partition coefficient (Wildman–Crippen LogP) is 2.57. The summed E-state index contributed by atoms with van der Waals surface area (Å²) in [4.78, 5) is 35.3. The van der Waals surface area contributed by atoms with Crippen LogP contribution in [0.15, 0.2) is 37.0 Å². The summed E-state index contributed by atoms with van der Waals surface area (Å²) < 4.78 is 10.3. The zero-order chi connectivity index (χ0) is 18.2. The summed E-state index contributed by atoms with van der Waals surface area (Å²) in [5.74, 6) is 0. The van der Waals surface area contributed by atoms with Gasteiger partial charge in [-0.05, 0) is 12.3 Å². The Bertz CT molecular complexity index is 655. The van der Waals surface area contributed by atoms with Crippen LogP contribution in [0, 0.1) is 10.1 Å². The maximum absolute atomic E-state index is 12.1. The van der Waals surface area contributed by atoms with Gasteiger partial charge in [0.25, 0.3) is 5.69 Å². The van der Waals surface area contributed by atoms with Crippen LogP contribution in [0.2, 0.25) is 0 Å². The zero-order valence-electron chi connectivity index (χ0n) is 13.6. The molecule has 1 aromatic carbocycles. The Hall–Kier alpha value is -3.10. The molecule has 1 saturated heterocycles. The highest BCUT2D eigenvalue weighted by atomic mass is 16.6. The molecule has 0 bridgehead atoms. The summed E-state index contributed by atoms with van der Waals surface area (Å²) in [6.45, 7) is 3.95. The molecule has 25 heavy (non-hydrogen) atoms. The van der Waals surface area contributed by atoms with E-state index in [1.165, 1.54) is 17.2 Å². The van der Waals surface area contributed by atoms with Crippen LogP contribution in [0.1, 0.15) is 18.4 Å². The number of para-hydroxylation sites is 1. The van der Waals surface area contributed by atoms with Crippen molar-refractivity contribution in [1.82, 2.24) is 10.2 Å². The second-order valence-electron chi connectivity index (χ2n) is 5.38. The first-order valence-corrected chi connectivity index (χ1v) is 7.73. The van der Waals surface area contributed by atoms with Crippen molar-refractivity contribution in [3.63, 3.8) is 0 Å². The Labute approximate surface area is 144 Å². The number of hydrogen-bond donors (Lipinski definition) is 1. The molecule has 1 aromatic rings. The van der Waals surface area contributed by atoms with E-state index >= 15 is 0 Å². The molecule has 1 N–H and O–H groups in total.